The third-order valence-electron chi connectivity index (χ3n) is 4.26. The molecule has 146 valence electrons. The van der Waals surface area contributed by atoms with Crippen molar-refractivity contribution in [2.24, 2.45) is 0 Å². The first-order valence-electron chi connectivity index (χ1n) is 8.55. The van der Waals surface area contributed by atoms with Gasteiger partial charge in [-0.05, 0) is 36.2 Å². The number of carbonyl (C=O) groups is 1. The number of carbonyl (C=O) groups excluding carboxylic acids is 1. The highest BCUT2D eigenvalue weighted by molar-refractivity contribution is 6.33. The van der Waals surface area contributed by atoms with Crippen LogP contribution in [0.4, 0.5) is 4.39 Å². The number of aliphatic hydroxyl groups is 1. The van der Waals surface area contributed by atoms with Gasteiger partial charge in [-0.3, -0.25) is 4.79 Å². The van der Waals surface area contributed by atoms with E-state index < -0.39 is 17.8 Å². The van der Waals surface area contributed by atoms with Gasteiger partial charge in [-0.1, -0.05) is 53.5 Å². The summed E-state index contributed by atoms with van der Waals surface area (Å²) in [5.74, 6) is -0.925. The molecule has 0 fully saturated rings. The lowest BCUT2D eigenvalue weighted by atomic mass is 10.1. The molecule has 0 bridgehead atoms. The van der Waals surface area contributed by atoms with Crippen molar-refractivity contribution in [3.05, 3.63) is 86.9 Å². The van der Waals surface area contributed by atoms with Crippen molar-refractivity contribution in [1.29, 1.82) is 0 Å². The van der Waals surface area contributed by atoms with E-state index in [2.05, 4.69) is 10.4 Å². The second-order valence-corrected chi connectivity index (χ2v) is 7.05. The van der Waals surface area contributed by atoms with Gasteiger partial charge in [-0.25, -0.2) is 9.07 Å². The molecule has 2 aromatic carbocycles. The van der Waals surface area contributed by atoms with Crippen molar-refractivity contribution in [2.45, 2.75) is 19.6 Å². The van der Waals surface area contributed by atoms with E-state index in [0.717, 1.165) is 5.56 Å². The minimum absolute atomic E-state index is 0.0895. The van der Waals surface area contributed by atoms with Gasteiger partial charge >= 0.3 is 0 Å². The molecule has 0 aliphatic carbocycles. The highest BCUT2D eigenvalue weighted by Crippen LogP contribution is 2.23. The third-order valence-corrected chi connectivity index (χ3v) is 5.01. The van der Waals surface area contributed by atoms with E-state index in [1.165, 1.54) is 22.9 Å². The summed E-state index contributed by atoms with van der Waals surface area (Å²) in [5.41, 5.74) is 1.87. The second kappa shape index (κ2) is 8.73. The third kappa shape index (κ3) is 4.52. The number of hydrogen-bond acceptors (Lipinski definition) is 3. The van der Waals surface area contributed by atoms with Gasteiger partial charge in [-0.15, -0.1) is 0 Å². The van der Waals surface area contributed by atoms with Crippen LogP contribution in [0.15, 0.2) is 48.5 Å². The van der Waals surface area contributed by atoms with Crippen LogP contribution in [0.2, 0.25) is 10.2 Å². The van der Waals surface area contributed by atoms with Crippen molar-refractivity contribution in [3.63, 3.8) is 0 Å². The van der Waals surface area contributed by atoms with Gasteiger partial charge in [0.15, 0.2) is 0 Å². The molecule has 2 N–H and O–H groups in total. The van der Waals surface area contributed by atoms with Crippen molar-refractivity contribution < 1.29 is 14.3 Å². The highest BCUT2D eigenvalue weighted by Gasteiger charge is 2.21. The summed E-state index contributed by atoms with van der Waals surface area (Å²) in [6, 6.07) is 12.9. The lowest BCUT2D eigenvalue weighted by molar-refractivity contribution is 0.0915. The van der Waals surface area contributed by atoms with Crippen LogP contribution in [-0.4, -0.2) is 27.3 Å². The maximum absolute atomic E-state index is 13.3. The molecular weight excluding hydrogens is 404 g/mol. The normalized spacial score (nSPS) is 12.0. The number of aliphatic hydroxyl groups excluding tert-OH is 1. The number of hydrogen-bond donors (Lipinski definition) is 2. The Bertz CT molecular complexity index is 1010. The average molecular weight is 422 g/mol. The van der Waals surface area contributed by atoms with E-state index in [4.69, 9.17) is 23.2 Å². The maximum atomic E-state index is 13.3. The summed E-state index contributed by atoms with van der Waals surface area (Å²) in [4.78, 5) is 12.6. The van der Waals surface area contributed by atoms with Gasteiger partial charge in [0.05, 0.1) is 23.9 Å². The smallest absolute Gasteiger partial charge is 0.256 e. The van der Waals surface area contributed by atoms with Crippen LogP contribution >= 0.6 is 23.2 Å². The molecule has 0 aliphatic rings. The van der Waals surface area contributed by atoms with Crippen molar-refractivity contribution >= 4 is 29.1 Å². The molecule has 0 spiro atoms. The molecule has 0 aliphatic heterocycles. The molecule has 28 heavy (non-hydrogen) atoms. The number of rotatable bonds is 6. The molecule has 0 saturated carbocycles. The molecule has 1 unspecified atom stereocenters. The molecule has 1 atom stereocenters. The Morgan fingerprint density at radius 2 is 2.00 bits per heavy atom. The molecule has 5 nitrogen and oxygen atoms in total. The number of nitrogens with one attached hydrogen (secondary N) is 1. The van der Waals surface area contributed by atoms with E-state index in [-0.39, 0.29) is 17.3 Å². The van der Waals surface area contributed by atoms with Crippen molar-refractivity contribution in [3.8, 4) is 0 Å². The summed E-state index contributed by atoms with van der Waals surface area (Å²) >= 11 is 12.5. The lowest BCUT2D eigenvalue weighted by Gasteiger charge is -2.12. The molecule has 8 heteroatoms. The molecule has 0 saturated heterocycles. The quantitative estimate of drug-likeness (QED) is 0.627. The van der Waals surface area contributed by atoms with Crippen molar-refractivity contribution in [1.82, 2.24) is 15.1 Å². The SMILES string of the molecule is Cc1nn(Cc2ccccc2Cl)c(Cl)c1C(=O)NCC(O)c1cccc(F)c1. The lowest BCUT2D eigenvalue weighted by Crippen LogP contribution is -2.29. The fourth-order valence-electron chi connectivity index (χ4n) is 2.81. The average Bonchev–Trinajstić information content (AvgIpc) is 2.94. The maximum Gasteiger partial charge on any atom is 0.256 e. The highest BCUT2D eigenvalue weighted by atomic mass is 35.5. The van der Waals surface area contributed by atoms with Gasteiger partial charge in [0.25, 0.3) is 5.91 Å². The molecule has 0 radical (unpaired) electrons. The van der Waals surface area contributed by atoms with Gasteiger partial charge in [0, 0.05) is 11.6 Å². The number of aromatic nitrogens is 2. The zero-order valence-corrected chi connectivity index (χ0v) is 16.5. The molecule has 1 amide bonds. The van der Waals surface area contributed by atoms with Gasteiger partial charge in [-0.2, -0.15) is 5.10 Å². The Hall–Kier alpha value is -2.41. The second-order valence-electron chi connectivity index (χ2n) is 6.28. The Morgan fingerprint density at radius 3 is 2.71 bits per heavy atom. The van der Waals surface area contributed by atoms with Crippen LogP contribution in [-0.2, 0) is 6.54 Å². The molecule has 1 aromatic heterocycles. The summed E-state index contributed by atoms with van der Waals surface area (Å²) in [5, 5.41) is 17.8. The van der Waals surface area contributed by atoms with Crippen LogP contribution in [0.1, 0.15) is 33.3 Å². The first-order chi connectivity index (χ1) is 13.4. The Kier molecular flexibility index (Phi) is 6.34. The van der Waals surface area contributed by atoms with Crippen LogP contribution in [0.3, 0.4) is 0 Å². The van der Waals surface area contributed by atoms with Crippen molar-refractivity contribution in [2.75, 3.05) is 6.54 Å². The predicted molar refractivity (Wildman–Crippen MR) is 106 cm³/mol. The summed E-state index contributed by atoms with van der Waals surface area (Å²) in [6.07, 6.45) is -1.04. The molecule has 1 heterocycles. The standard InChI is InChI=1S/C20H18Cl2FN3O2/c1-12-18(19(22)26(25-12)11-14-5-2-3-8-16(14)21)20(28)24-10-17(27)13-6-4-7-15(23)9-13/h2-9,17,27H,10-11H2,1H3,(H,24,28). The van der Waals surface area contributed by atoms with E-state index >= 15 is 0 Å². The summed E-state index contributed by atoms with van der Waals surface area (Å²) < 4.78 is 14.8. The Balaban J connectivity index is 1.72. The van der Waals surface area contributed by atoms with E-state index in [1.807, 2.05) is 18.2 Å². The van der Waals surface area contributed by atoms with Crippen LogP contribution < -0.4 is 5.32 Å². The fraction of sp³-hybridized carbons (Fsp3) is 0.200. The number of benzene rings is 2. The fourth-order valence-corrected chi connectivity index (χ4v) is 3.33. The minimum atomic E-state index is -1.04. The topological polar surface area (TPSA) is 67.2 Å². The number of amides is 1. The predicted octanol–water partition coefficient (Wildman–Crippen LogP) is 4.15. The molecule has 3 aromatic rings. The number of aryl methyl sites for hydroxylation is 1. The zero-order valence-electron chi connectivity index (χ0n) is 15.0. The largest absolute Gasteiger partial charge is 0.387 e. The zero-order chi connectivity index (χ0) is 20.3. The Labute approximate surface area is 171 Å². The van der Waals surface area contributed by atoms with E-state index in [1.54, 1.807) is 19.1 Å². The van der Waals surface area contributed by atoms with Crippen LogP contribution in [0, 0.1) is 12.7 Å². The van der Waals surface area contributed by atoms with Gasteiger partial charge < -0.3 is 10.4 Å². The molecular formula is C20H18Cl2FN3O2. The van der Waals surface area contributed by atoms with E-state index in [9.17, 15) is 14.3 Å². The van der Waals surface area contributed by atoms with Crippen LogP contribution in [0.25, 0.3) is 0 Å². The van der Waals surface area contributed by atoms with Gasteiger partial charge in [0.1, 0.15) is 11.0 Å². The minimum Gasteiger partial charge on any atom is -0.387 e. The first kappa shape index (κ1) is 20.3. The first-order valence-corrected chi connectivity index (χ1v) is 9.30. The van der Waals surface area contributed by atoms with E-state index in [0.29, 0.717) is 22.8 Å². The monoisotopic (exact) mass is 421 g/mol. The summed E-state index contributed by atoms with van der Waals surface area (Å²) in [6.45, 7) is 1.90. The van der Waals surface area contributed by atoms with Gasteiger partial charge in [0.2, 0.25) is 0 Å². The summed E-state index contributed by atoms with van der Waals surface area (Å²) in [7, 11) is 0. The Morgan fingerprint density at radius 1 is 1.25 bits per heavy atom. The molecule has 3 rings (SSSR count). The number of halogens is 3. The number of nitrogens with zero attached hydrogens (tertiary/aromatic N) is 2. The van der Waals surface area contributed by atoms with Crippen LogP contribution in [0.5, 0.6) is 0 Å².